The fourth-order valence-electron chi connectivity index (χ4n) is 2.30. The molecule has 0 radical (unpaired) electrons. The minimum Gasteiger partial charge on any atom is -0.497 e. The molecule has 0 saturated carbocycles. The molecule has 0 aromatic heterocycles. The molecule has 7 nitrogen and oxygen atoms in total. The molecule has 0 atom stereocenters. The van der Waals surface area contributed by atoms with Gasteiger partial charge >= 0.3 is 5.97 Å². The Bertz CT molecular complexity index is 790. The number of hydrogen-bond acceptors (Lipinski definition) is 6. The van der Waals surface area contributed by atoms with Crippen molar-refractivity contribution in [2.75, 3.05) is 34.0 Å². The van der Waals surface area contributed by atoms with Crippen LogP contribution in [0.25, 0.3) is 0 Å². The molecule has 0 heterocycles. The van der Waals surface area contributed by atoms with Crippen LogP contribution in [0.15, 0.2) is 42.5 Å². The first-order valence-corrected chi connectivity index (χ1v) is 8.39. The van der Waals surface area contributed by atoms with E-state index < -0.39 is 18.5 Å². The number of carbonyl (C=O) groups excluding carboxylic acids is 2. The van der Waals surface area contributed by atoms with Crippen molar-refractivity contribution in [1.82, 2.24) is 5.32 Å². The average molecular weight is 373 g/mol. The topological polar surface area (TPSA) is 83.1 Å². The summed E-state index contributed by atoms with van der Waals surface area (Å²) < 4.78 is 20.8. The first-order valence-electron chi connectivity index (χ1n) is 8.39. The molecule has 2 aromatic rings. The Balaban J connectivity index is 1.76. The molecule has 144 valence electrons. The Morgan fingerprint density at radius 2 is 1.81 bits per heavy atom. The third kappa shape index (κ3) is 6.22. The van der Waals surface area contributed by atoms with Gasteiger partial charge in [0.1, 0.15) is 29.4 Å². The standard InChI is InChI=1S/C20H23NO6/c1-14-5-4-6-16(11-14)26-10-9-21-19(22)13-27-20(23)17-12-15(24-2)7-8-18(17)25-3/h4-8,11-12H,9-10,13H2,1-3H3,(H,21,22). The summed E-state index contributed by atoms with van der Waals surface area (Å²) in [6.45, 7) is 2.18. The van der Waals surface area contributed by atoms with Gasteiger partial charge in [-0.3, -0.25) is 4.79 Å². The lowest BCUT2D eigenvalue weighted by atomic mass is 10.2. The molecule has 2 rings (SSSR count). The first kappa shape index (κ1) is 20.1. The Labute approximate surface area is 158 Å². The number of amides is 1. The summed E-state index contributed by atoms with van der Waals surface area (Å²) in [5.41, 5.74) is 1.28. The quantitative estimate of drug-likeness (QED) is 0.537. The Hall–Kier alpha value is -3.22. The van der Waals surface area contributed by atoms with Crippen LogP contribution in [0.1, 0.15) is 15.9 Å². The number of hydrogen-bond donors (Lipinski definition) is 1. The molecule has 27 heavy (non-hydrogen) atoms. The highest BCUT2D eigenvalue weighted by Gasteiger charge is 2.16. The van der Waals surface area contributed by atoms with Crippen LogP contribution in [0, 0.1) is 6.92 Å². The molecular weight excluding hydrogens is 350 g/mol. The molecule has 1 N–H and O–H groups in total. The van der Waals surface area contributed by atoms with Crippen LogP contribution in [-0.2, 0) is 9.53 Å². The largest absolute Gasteiger partial charge is 0.497 e. The smallest absolute Gasteiger partial charge is 0.342 e. The zero-order valence-electron chi connectivity index (χ0n) is 15.6. The van der Waals surface area contributed by atoms with Gasteiger partial charge in [0, 0.05) is 0 Å². The van der Waals surface area contributed by atoms with E-state index in [1.54, 1.807) is 12.1 Å². The van der Waals surface area contributed by atoms with Crippen molar-refractivity contribution in [1.29, 1.82) is 0 Å². The third-order valence-electron chi connectivity index (χ3n) is 3.64. The highest BCUT2D eigenvalue weighted by Crippen LogP contribution is 2.24. The number of aryl methyl sites for hydroxylation is 1. The van der Waals surface area contributed by atoms with Gasteiger partial charge in [0.2, 0.25) is 0 Å². The highest BCUT2D eigenvalue weighted by molar-refractivity contribution is 5.94. The summed E-state index contributed by atoms with van der Waals surface area (Å²) in [6.07, 6.45) is 0. The normalized spacial score (nSPS) is 10.0. The van der Waals surface area contributed by atoms with Gasteiger partial charge in [-0.1, -0.05) is 12.1 Å². The van der Waals surface area contributed by atoms with Crippen LogP contribution in [0.2, 0.25) is 0 Å². The molecule has 0 bridgehead atoms. The van der Waals surface area contributed by atoms with Crippen LogP contribution < -0.4 is 19.5 Å². The first-order chi connectivity index (χ1) is 13.0. The van der Waals surface area contributed by atoms with E-state index in [-0.39, 0.29) is 5.56 Å². The van der Waals surface area contributed by atoms with Gasteiger partial charge in [0.15, 0.2) is 6.61 Å². The number of carbonyl (C=O) groups is 2. The molecule has 0 unspecified atom stereocenters. The molecule has 0 spiro atoms. The van der Waals surface area contributed by atoms with Gasteiger partial charge in [-0.05, 0) is 42.8 Å². The van der Waals surface area contributed by atoms with E-state index in [0.29, 0.717) is 24.7 Å². The lowest BCUT2D eigenvalue weighted by molar-refractivity contribution is -0.124. The maximum atomic E-state index is 12.2. The van der Waals surface area contributed by atoms with Crippen LogP contribution in [-0.4, -0.2) is 45.9 Å². The van der Waals surface area contributed by atoms with E-state index in [0.717, 1.165) is 11.3 Å². The molecule has 0 aliphatic heterocycles. The lowest BCUT2D eigenvalue weighted by Crippen LogP contribution is -2.32. The minimum atomic E-state index is -0.670. The molecule has 0 aliphatic carbocycles. The summed E-state index contributed by atoms with van der Waals surface area (Å²) in [6, 6.07) is 12.4. The van der Waals surface area contributed by atoms with E-state index in [2.05, 4.69) is 5.32 Å². The number of methoxy groups -OCH3 is 2. The van der Waals surface area contributed by atoms with Gasteiger partial charge in [0.05, 0.1) is 20.8 Å². The van der Waals surface area contributed by atoms with Crippen LogP contribution >= 0.6 is 0 Å². The maximum Gasteiger partial charge on any atom is 0.342 e. The maximum absolute atomic E-state index is 12.2. The number of benzene rings is 2. The van der Waals surface area contributed by atoms with Crippen molar-refractivity contribution in [2.24, 2.45) is 0 Å². The zero-order valence-corrected chi connectivity index (χ0v) is 15.6. The Morgan fingerprint density at radius 3 is 2.52 bits per heavy atom. The summed E-state index contributed by atoms with van der Waals surface area (Å²) in [7, 11) is 2.93. The molecule has 0 saturated heterocycles. The Morgan fingerprint density at radius 1 is 1.00 bits per heavy atom. The van der Waals surface area contributed by atoms with Crippen LogP contribution in [0.4, 0.5) is 0 Å². The van der Waals surface area contributed by atoms with Gasteiger partial charge in [0.25, 0.3) is 5.91 Å². The van der Waals surface area contributed by atoms with E-state index in [9.17, 15) is 9.59 Å². The van der Waals surface area contributed by atoms with Gasteiger partial charge in [-0.2, -0.15) is 0 Å². The van der Waals surface area contributed by atoms with E-state index >= 15 is 0 Å². The summed E-state index contributed by atoms with van der Waals surface area (Å²) in [5, 5.41) is 2.63. The molecule has 0 fully saturated rings. The van der Waals surface area contributed by atoms with E-state index in [1.807, 2.05) is 31.2 Å². The van der Waals surface area contributed by atoms with Crippen molar-refractivity contribution in [3.63, 3.8) is 0 Å². The summed E-state index contributed by atoms with van der Waals surface area (Å²) in [4.78, 5) is 24.0. The highest BCUT2D eigenvalue weighted by atomic mass is 16.5. The Kier molecular flexibility index (Phi) is 7.49. The van der Waals surface area contributed by atoms with Crippen molar-refractivity contribution >= 4 is 11.9 Å². The molecule has 1 amide bonds. The van der Waals surface area contributed by atoms with E-state index in [4.69, 9.17) is 18.9 Å². The van der Waals surface area contributed by atoms with Crippen molar-refractivity contribution in [3.05, 3.63) is 53.6 Å². The molecule has 7 heteroatoms. The van der Waals surface area contributed by atoms with E-state index in [1.165, 1.54) is 20.3 Å². The summed E-state index contributed by atoms with van der Waals surface area (Å²) in [5.74, 6) is 0.476. The number of ether oxygens (including phenoxy) is 4. The lowest BCUT2D eigenvalue weighted by Gasteiger charge is -2.11. The fourth-order valence-corrected chi connectivity index (χ4v) is 2.30. The predicted octanol–water partition coefficient (Wildman–Crippen LogP) is 2.36. The van der Waals surface area contributed by atoms with Gasteiger partial charge in [-0.25, -0.2) is 4.79 Å². The predicted molar refractivity (Wildman–Crippen MR) is 99.5 cm³/mol. The zero-order chi connectivity index (χ0) is 19.6. The van der Waals surface area contributed by atoms with Crippen LogP contribution in [0.5, 0.6) is 17.2 Å². The number of esters is 1. The van der Waals surface area contributed by atoms with Gasteiger partial charge < -0.3 is 24.3 Å². The molecule has 2 aromatic carbocycles. The van der Waals surface area contributed by atoms with Crippen LogP contribution in [0.3, 0.4) is 0 Å². The van der Waals surface area contributed by atoms with Crippen molar-refractivity contribution in [3.8, 4) is 17.2 Å². The summed E-state index contributed by atoms with van der Waals surface area (Å²) >= 11 is 0. The van der Waals surface area contributed by atoms with Crippen molar-refractivity contribution < 1.29 is 28.5 Å². The molecular formula is C20H23NO6. The van der Waals surface area contributed by atoms with Gasteiger partial charge in [-0.15, -0.1) is 0 Å². The fraction of sp³-hybridized carbons (Fsp3) is 0.300. The second-order valence-corrected chi connectivity index (χ2v) is 5.66. The monoisotopic (exact) mass is 373 g/mol. The second kappa shape index (κ2) is 10.1. The second-order valence-electron chi connectivity index (χ2n) is 5.66. The average Bonchev–Trinajstić information content (AvgIpc) is 2.69. The van der Waals surface area contributed by atoms with Crippen molar-refractivity contribution in [2.45, 2.75) is 6.92 Å². The SMILES string of the molecule is COc1ccc(OC)c(C(=O)OCC(=O)NCCOc2cccc(C)c2)c1. The minimum absolute atomic E-state index is 0.187. The number of nitrogens with one attached hydrogen (secondary N) is 1. The number of rotatable bonds is 9. The molecule has 0 aliphatic rings. The third-order valence-corrected chi connectivity index (χ3v) is 3.64.